The van der Waals surface area contributed by atoms with Crippen LogP contribution in [0.3, 0.4) is 0 Å². The molecular weight excluding hydrogens is 349 g/mol. The molecule has 0 radical (unpaired) electrons. The second kappa shape index (κ2) is 7.28. The van der Waals surface area contributed by atoms with Crippen LogP contribution in [0.25, 0.3) is 10.8 Å². The number of carbonyl (C=O) groups is 1. The molecule has 6 nitrogen and oxygen atoms in total. The molecule has 4 rings (SSSR count). The van der Waals surface area contributed by atoms with Gasteiger partial charge in [0.1, 0.15) is 17.5 Å². The molecular formula is C20H18FN3O3. The number of methoxy groups -OCH3 is 1. The molecule has 1 aromatic carbocycles. The van der Waals surface area contributed by atoms with Crippen LogP contribution in [-0.4, -0.2) is 47.6 Å². The molecule has 3 aromatic rings. The zero-order valence-electron chi connectivity index (χ0n) is 14.8. The topological polar surface area (TPSA) is 64.5 Å². The summed E-state index contributed by atoms with van der Waals surface area (Å²) in [5.41, 5.74) is 1.08. The van der Waals surface area contributed by atoms with E-state index in [4.69, 9.17) is 9.47 Å². The number of fused-ring (bicyclic) bond motifs is 1. The third-order valence-electron chi connectivity index (χ3n) is 4.58. The molecule has 2 aromatic heterocycles. The quantitative estimate of drug-likeness (QED) is 0.712. The Hall–Kier alpha value is -3.06. The van der Waals surface area contributed by atoms with Gasteiger partial charge in [0.2, 0.25) is 5.88 Å². The number of rotatable bonds is 3. The number of nitrogens with zero attached hydrogens (tertiary/aromatic N) is 3. The highest BCUT2D eigenvalue weighted by atomic mass is 19.1. The lowest BCUT2D eigenvalue weighted by atomic mass is 10.1. The summed E-state index contributed by atoms with van der Waals surface area (Å²) in [5, 5.41) is 1.60. The first-order valence-corrected chi connectivity index (χ1v) is 8.61. The Labute approximate surface area is 155 Å². The molecule has 0 N–H and O–H groups in total. The van der Waals surface area contributed by atoms with Gasteiger partial charge in [-0.3, -0.25) is 9.78 Å². The maximum absolute atomic E-state index is 13.5. The lowest BCUT2D eigenvalue weighted by Gasteiger charge is -2.33. The predicted molar refractivity (Wildman–Crippen MR) is 97.1 cm³/mol. The van der Waals surface area contributed by atoms with Crippen molar-refractivity contribution in [1.82, 2.24) is 14.9 Å². The van der Waals surface area contributed by atoms with Crippen molar-refractivity contribution in [2.45, 2.75) is 6.10 Å². The van der Waals surface area contributed by atoms with Crippen LogP contribution < -0.4 is 4.74 Å². The third kappa shape index (κ3) is 3.46. The van der Waals surface area contributed by atoms with Crippen LogP contribution in [0.1, 0.15) is 22.2 Å². The highest BCUT2D eigenvalue weighted by Crippen LogP contribution is 2.26. The van der Waals surface area contributed by atoms with E-state index < -0.39 is 0 Å². The van der Waals surface area contributed by atoms with Gasteiger partial charge in [0, 0.05) is 24.3 Å². The number of pyridine rings is 2. The summed E-state index contributed by atoms with van der Waals surface area (Å²) in [6.07, 6.45) is 2.90. The second-order valence-electron chi connectivity index (χ2n) is 6.27. The number of benzene rings is 1. The second-order valence-corrected chi connectivity index (χ2v) is 6.27. The van der Waals surface area contributed by atoms with Crippen LogP contribution in [0.4, 0.5) is 4.39 Å². The summed E-state index contributed by atoms with van der Waals surface area (Å²) >= 11 is 0. The molecule has 1 fully saturated rings. The molecule has 0 unspecified atom stereocenters. The van der Waals surface area contributed by atoms with Gasteiger partial charge in [-0.1, -0.05) is 0 Å². The van der Waals surface area contributed by atoms with E-state index in [0.717, 1.165) is 10.8 Å². The van der Waals surface area contributed by atoms with E-state index in [-0.39, 0.29) is 17.8 Å². The molecule has 0 bridgehead atoms. The Bertz CT molecular complexity index is 995. The van der Waals surface area contributed by atoms with Crippen molar-refractivity contribution in [3.05, 3.63) is 65.9 Å². The SMILES string of the molecule is COc1ncccc1C(=O)N1CCO[C@@H](c2cc3cc(F)ccc3cn2)C1. The molecule has 7 heteroatoms. The average molecular weight is 367 g/mol. The number of ether oxygens (including phenoxy) is 2. The number of hydrogen-bond acceptors (Lipinski definition) is 5. The van der Waals surface area contributed by atoms with E-state index in [9.17, 15) is 9.18 Å². The van der Waals surface area contributed by atoms with Gasteiger partial charge >= 0.3 is 0 Å². The summed E-state index contributed by atoms with van der Waals surface area (Å²) in [6, 6.07) is 9.76. The molecule has 1 amide bonds. The van der Waals surface area contributed by atoms with Gasteiger partial charge in [-0.05, 0) is 41.8 Å². The Kier molecular flexibility index (Phi) is 4.68. The summed E-state index contributed by atoms with van der Waals surface area (Å²) in [5.74, 6) is -0.172. The smallest absolute Gasteiger partial charge is 0.259 e. The van der Waals surface area contributed by atoms with Gasteiger partial charge in [-0.15, -0.1) is 0 Å². The van der Waals surface area contributed by atoms with Crippen LogP contribution in [0.5, 0.6) is 5.88 Å². The first-order valence-electron chi connectivity index (χ1n) is 8.61. The van der Waals surface area contributed by atoms with Crippen LogP contribution in [-0.2, 0) is 4.74 Å². The van der Waals surface area contributed by atoms with E-state index in [1.54, 1.807) is 35.5 Å². The minimum atomic E-state index is -0.377. The predicted octanol–water partition coefficient (Wildman–Crippen LogP) is 2.99. The van der Waals surface area contributed by atoms with Crippen LogP contribution in [0, 0.1) is 5.82 Å². The Balaban J connectivity index is 1.58. The molecule has 27 heavy (non-hydrogen) atoms. The van der Waals surface area contributed by atoms with Crippen molar-refractivity contribution in [2.24, 2.45) is 0 Å². The maximum Gasteiger partial charge on any atom is 0.259 e. The lowest BCUT2D eigenvalue weighted by Crippen LogP contribution is -2.42. The van der Waals surface area contributed by atoms with Crippen LogP contribution in [0.2, 0.25) is 0 Å². The molecule has 0 saturated carbocycles. The number of morpholine rings is 1. The average Bonchev–Trinajstić information content (AvgIpc) is 2.72. The standard InChI is InChI=1S/C20H18FN3O3/c1-26-19-16(3-2-6-22-19)20(25)24-7-8-27-18(12-24)17-10-14-9-15(21)5-4-13(14)11-23-17/h2-6,9-11,18H,7-8,12H2,1H3/t18-/m1/s1. The third-order valence-corrected chi connectivity index (χ3v) is 4.58. The van der Waals surface area contributed by atoms with Gasteiger partial charge in [-0.25, -0.2) is 9.37 Å². The Morgan fingerprint density at radius 1 is 1.26 bits per heavy atom. The van der Waals surface area contributed by atoms with E-state index in [2.05, 4.69) is 9.97 Å². The molecule has 1 saturated heterocycles. The fourth-order valence-corrected chi connectivity index (χ4v) is 3.20. The summed E-state index contributed by atoms with van der Waals surface area (Å²) < 4.78 is 24.5. The van der Waals surface area contributed by atoms with Crippen molar-refractivity contribution in [1.29, 1.82) is 0 Å². The number of aromatic nitrogens is 2. The van der Waals surface area contributed by atoms with Crippen molar-refractivity contribution in [3.63, 3.8) is 0 Å². The van der Waals surface area contributed by atoms with Gasteiger partial charge in [0.15, 0.2) is 0 Å². The van der Waals surface area contributed by atoms with Gasteiger partial charge in [-0.2, -0.15) is 0 Å². The maximum atomic E-state index is 13.5. The summed E-state index contributed by atoms with van der Waals surface area (Å²) in [6.45, 7) is 1.21. The first kappa shape index (κ1) is 17.4. The zero-order valence-corrected chi connectivity index (χ0v) is 14.8. The minimum Gasteiger partial charge on any atom is -0.480 e. The highest BCUT2D eigenvalue weighted by Gasteiger charge is 2.28. The van der Waals surface area contributed by atoms with Crippen molar-refractivity contribution in [3.8, 4) is 5.88 Å². The van der Waals surface area contributed by atoms with Crippen molar-refractivity contribution in [2.75, 3.05) is 26.8 Å². The monoisotopic (exact) mass is 367 g/mol. The number of hydrogen-bond donors (Lipinski definition) is 0. The van der Waals surface area contributed by atoms with E-state index >= 15 is 0 Å². The summed E-state index contributed by atoms with van der Waals surface area (Å²) in [4.78, 5) is 23.1. The number of halogens is 1. The molecule has 1 aliphatic rings. The minimum absolute atomic E-state index is 0.167. The van der Waals surface area contributed by atoms with Gasteiger partial charge in [0.25, 0.3) is 5.91 Å². The molecule has 0 spiro atoms. The lowest BCUT2D eigenvalue weighted by molar-refractivity contribution is -0.0247. The van der Waals surface area contributed by atoms with Crippen molar-refractivity contribution < 1.29 is 18.7 Å². The first-order chi connectivity index (χ1) is 13.2. The Morgan fingerprint density at radius 3 is 3.00 bits per heavy atom. The molecule has 1 atom stereocenters. The Morgan fingerprint density at radius 2 is 2.15 bits per heavy atom. The number of carbonyl (C=O) groups excluding carboxylic acids is 1. The molecule has 3 heterocycles. The van der Waals surface area contributed by atoms with E-state index in [0.29, 0.717) is 36.8 Å². The van der Waals surface area contributed by atoms with Crippen LogP contribution in [0.15, 0.2) is 48.8 Å². The van der Waals surface area contributed by atoms with Gasteiger partial charge in [0.05, 0.1) is 26.0 Å². The van der Waals surface area contributed by atoms with Crippen molar-refractivity contribution >= 4 is 16.7 Å². The fourth-order valence-electron chi connectivity index (χ4n) is 3.20. The normalized spacial score (nSPS) is 17.1. The van der Waals surface area contributed by atoms with E-state index in [1.807, 2.05) is 6.07 Å². The zero-order chi connectivity index (χ0) is 18.8. The van der Waals surface area contributed by atoms with Crippen LogP contribution >= 0.6 is 0 Å². The fraction of sp³-hybridized carbons (Fsp3) is 0.250. The highest BCUT2D eigenvalue weighted by molar-refractivity contribution is 5.96. The summed E-state index contributed by atoms with van der Waals surface area (Å²) in [7, 11) is 1.49. The largest absolute Gasteiger partial charge is 0.480 e. The molecule has 1 aliphatic heterocycles. The molecule has 138 valence electrons. The van der Waals surface area contributed by atoms with Gasteiger partial charge < -0.3 is 14.4 Å². The molecule has 0 aliphatic carbocycles. The number of amides is 1. The van der Waals surface area contributed by atoms with E-state index in [1.165, 1.54) is 19.2 Å².